The lowest BCUT2D eigenvalue weighted by molar-refractivity contribution is -0.138. The van der Waals surface area contributed by atoms with Gasteiger partial charge in [0, 0.05) is 13.1 Å². The normalized spacial score (nSPS) is 11.7. The van der Waals surface area contributed by atoms with E-state index in [0.29, 0.717) is 0 Å². The molecule has 0 spiro atoms. The molecule has 0 radical (unpaired) electrons. The summed E-state index contributed by atoms with van der Waals surface area (Å²) in [4.78, 5) is 35.6. The van der Waals surface area contributed by atoms with E-state index in [-0.39, 0.29) is 6.04 Å². The van der Waals surface area contributed by atoms with Crippen LogP contribution in [0.5, 0.6) is 0 Å². The van der Waals surface area contributed by atoms with Crippen LogP contribution in [0.4, 0.5) is 4.79 Å². The molecule has 0 aliphatic heterocycles. The Morgan fingerprint density at radius 1 is 1.29 bits per heavy atom. The number of nitrogens with zero attached hydrogens (tertiary/aromatic N) is 2. The van der Waals surface area contributed by atoms with Crippen LogP contribution in [0.3, 0.4) is 0 Å². The van der Waals surface area contributed by atoms with Gasteiger partial charge in [0.05, 0.1) is 0 Å². The van der Waals surface area contributed by atoms with E-state index in [1.54, 1.807) is 7.05 Å². The second-order valence-electron chi connectivity index (χ2n) is 3.87. The van der Waals surface area contributed by atoms with Gasteiger partial charge in [0.1, 0.15) is 13.1 Å². The summed E-state index contributed by atoms with van der Waals surface area (Å²) in [5.74, 6) is -1.92. The van der Waals surface area contributed by atoms with Crippen molar-refractivity contribution < 1.29 is 19.5 Å². The number of carboxylic acid groups (broad SMARTS) is 1. The van der Waals surface area contributed by atoms with E-state index in [9.17, 15) is 14.4 Å². The highest BCUT2D eigenvalue weighted by atomic mass is 16.4. The van der Waals surface area contributed by atoms with Gasteiger partial charge < -0.3 is 20.6 Å². The monoisotopic (exact) mass is 245 g/mol. The molecule has 0 rings (SSSR count). The van der Waals surface area contributed by atoms with Gasteiger partial charge in [0.2, 0.25) is 5.91 Å². The molecule has 3 amide bonds. The Balaban J connectivity index is 4.72. The van der Waals surface area contributed by atoms with Crippen molar-refractivity contribution in [3.05, 3.63) is 0 Å². The predicted molar refractivity (Wildman–Crippen MR) is 61.3 cm³/mol. The van der Waals surface area contributed by atoms with Gasteiger partial charge in [-0.1, -0.05) is 6.92 Å². The van der Waals surface area contributed by atoms with Crippen LogP contribution in [-0.4, -0.2) is 59.0 Å². The summed E-state index contributed by atoms with van der Waals surface area (Å²) in [6.45, 7) is 2.81. The minimum absolute atomic E-state index is 0.0355. The minimum atomic E-state index is -1.18. The predicted octanol–water partition coefficient (Wildman–Crippen LogP) is -0.291. The first-order valence-electron chi connectivity index (χ1n) is 5.31. The molecular formula is C10H19N3O4. The lowest BCUT2D eigenvalue weighted by atomic mass is 10.2. The standard InChI is InChI=1S/C10H19N3O4/c1-4-7(2)12(3)10(17)13(5-8(11)14)6-9(15)16/h7H,4-6H2,1-3H3,(H2,11,14)(H,15,16). The molecule has 0 aromatic heterocycles. The Morgan fingerprint density at radius 2 is 1.82 bits per heavy atom. The molecule has 1 atom stereocenters. The molecule has 0 aliphatic rings. The molecule has 0 saturated heterocycles. The first-order chi connectivity index (χ1) is 7.79. The number of carboxylic acids is 1. The van der Waals surface area contributed by atoms with Gasteiger partial charge in [-0.25, -0.2) is 4.79 Å². The number of aliphatic carboxylic acids is 1. The fourth-order valence-electron chi connectivity index (χ4n) is 1.23. The number of amides is 3. The van der Waals surface area contributed by atoms with E-state index < -0.39 is 31.0 Å². The van der Waals surface area contributed by atoms with E-state index >= 15 is 0 Å². The van der Waals surface area contributed by atoms with Gasteiger partial charge >= 0.3 is 12.0 Å². The molecule has 3 N–H and O–H groups in total. The second kappa shape index (κ2) is 6.72. The number of carbonyl (C=O) groups excluding carboxylic acids is 2. The van der Waals surface area contributed by atoms with Crippen molar-refractivity contribution in [3.63, 3.8) is 0 Å². The summed E-state index contributed by atoms with van der Waals surface area (Å²) in [6.07, 6.45) is 0.736. The zero-order valence-electron chi connectivity index (χ0n) is 10.3. The molecule has 1 unspecified atom stereocenters. The molecule has 0 fully saturated rings. The van der Waals surface area contributed by atoms with E-state index in [4.69, 9.17) is 10.8 Å². The fourth-order valence-corrected chi connectivity index (χ4v) is 1.23. The van der Waals surface area contributed by atoms with Crippen molar-refractivity contribution in [2.24, 2.45) is 5.73 Å². The van der Waals surface area contributed by atoms with Crippen LogP contribution in [0.15, 0.2) is 0 Å². The fraction of sp³-hybridized carbons (Fsp3) is 0.700. The quantitative estimate of drug-likeness (QED) is 0.670. The largest absolute Gasteiger partial charge is 0.480 e. The van der Waals surface area contributed by atoms with Crippen LogP contribution in [0, 0.1) is 0 Å². The summed E-state index contributed by atoms with van der Waals surface area (Å²) >= 11 is 0. The summed E-state index contributed by atoms with van der Waals surface area (Å²) < 4.78 is 0. The second-order valence-corrected chi connectivity index (χ2v) is 3.87. The highest BCUT2D eigenvalue weighted by Gasteiger charge is 2.24. The van der Waals surface area contributed by atoms with E-state index in [0.717, 1.165) is 11.3 Å². The van der Waals surface area contributed by atoms with Gasteiger partial charge in [-0.3, -0.25) is 9.59 Å². The first-order valence-corrected chi connectivity index (χ1v) is 5.31. The maximum absolute atomic E-state index is 11.9. The summed E-state index contributed by atoms with van der Waals surface area (Å²) in [6, 6.07) is -0.549. The van der Waals surface area contributed by atoms with Crippen LogP contribution >= 0.6 is 0 Å². The maximum Gasteiger partial charge on any atom is 0.323 e. The number of rotatable bonds is 6. The molecule has 0 bridgehead atoms. The summed E-state index contributed by atoms with van der Waals surface area (Å²) in [7, 11) is 1.56. The number of carbonyl (C=O) groups is 3. The van der Waals surface area contributed by atoms with Gasteiger partial charge in [0.25, 0.3) is 0 Å². The SMILES string of the molecule is CCC(C)N(C)C(=O)N(CC(N)=O)CC(=O)O. The highest BCUT2D eigenvalue weighted by Crippen LogP contribution is 2.05. The van der Waals surface area contributed by atoms with Crippen LogP contribution in [-0.2, 0) is 9.59 Å². The Morgan fingerprint density at radius 3 is 2.18 bits per heavy atom. The first kappa shape index (κ1) is 15.2. The maximum atomic E-state index is 11.9. The van der Waals surface area contributed by atoms with Crippen molar-refractivity contribution >= 4 is 17.9 Å². The molecular weight excluding hydrogens is 226 g/mol. The van der Waals surface area contributed by atoms with Crippen molar-refractivity contribution in [1.82, 2.24) is 9.80 Å². The molecule has 7 nitrogen and oxygen atoms in total. The van der Waals surface area contributed by atoms with Gasteiger partial charge in [-0.2, -0.15) is 0 Å². The van der Waals surface area contributed by atoms with Gasteiger partial charge in [0.15, 0.2) is 0 Å². The average Bonchev–Trinajstić information content (AvgIpc) is 2.23. The van der Waals surface area contributed by atoms with E-state index in [1.807, 2.05) is 13.8 Å². The number of hydrogen-bond acceptors (Lipinski definition) is 3. The van der Waals surface area contributed by atoms with Gasteiger partial charge in [-0.15, -0.1) is 0 Å². The Bertz CT molecular complexity index is 290. The Labute approximate surface area is 100 Å². The molecule has 17 heavy (non-hydrogen) atoms. The molecule has 0 aromatic rings. The smallest absolute Gasteiger partial charge is 0.323 e. The molecule has 98 valence electrons. The molecule has 0 heterocycles. The van der Waals surface area contributed by atoms with Crippen LogP contribution in [0.2, 0.25) is 0 Å². The lowest BCUT2D eigenvalue weighted by Gasteiger charge is -2.29. The van der Waals surface area contributed by atoms with Gasteiger partial charge in [-0.05, 0) is 13.3 Å². The lowest BCUT2D eigenvalue weighted by Crippen LogP contribution is -2.49. The van der Waals surface area contributed by atoms with E-state index in [2.05, 4.69) is 0 Å². The zero-order chi connectivity index (χ0) is 13.6. The third kappa shape index (κ3) is 5.19. The van der Waals surface area contributed by atoms with Crippen LogP contribution in [0.1, 0.15) is 20.3 Å². The molecule has 7 heteroatoms. The average molecular weight is 245 g/mol. The molecule has 0 aromatic carbocycles. The Hall–Kier alpha value is -1.79. The van der Waals surface area contributed by atoms with Crippen LogP contribution in [0.25, 0.3) is 0 Å². The minimum Gasteiger partial charge on any atom is -0.480 e. The third-order valence-corrected chi connectivity index (χ3v) is 2.50. The topological polar surface area (TPSA) is 104 Å². The van der Waals surface area contributed by atoms with Crippen molar-refractivity contribution in [2.45, 2.75) is 26.3 Å². The number of urea groups is 1. The van der Waals surface area contributed by atoms with E-state index in [1.165, 1.54) is 4.90 Å². The third-order valence-electron chi connectivity index (χ3n) is 2.50. The zero-order valence-corrected chi connectivity index (χ0v) is 10.3. The number of hydrogen-bond donors (Lipinski definition) is 2. The van der Waals surface area contributed by atoms with Crippen LogP contribution < -0.4 is 5.73 Å². The molecule has 0 saturated carbocycles. The Kier molecular flexibility index (Phi) is 6.01. The summed E-state index contributed by atoms with van der Waals surface area (Å²) in [5.41, 5.74) is 4.97. The van der Waals surface area contributed by atoms with Crippen molar-refractivity contribution in [1.29, 1.82) is 0 Å². The highest BCUT2D eigenvalue weighted by molar-refractivity contribution is 5.85. The van der Waals surface area contributed by atoms with Crippen molar-refractivity contribution in [3.8, 4) is 0 Å². The van der Waals surface area contributed by atoms with Crippen molar-refractivity contribution in [2.75, 3.05) is 20.1 Å². The number of nitrogens with two attached hydrogens (primary N) is 1. The molecule has 0 aliphatic carbocycles. The number of primary amides is 1. The summed E-state index contributed by atoms with van der Waals surface area (Å²) in [5, 5.41) is 8.66.